The fourth-order valence-electron chi connectivity index (χ4n) is 5.52. The first-order valence-electron chi connectivity index (χ1n) is 21.1. The molecule has 0 fully saturated rings. The van der Waals surface area contributed by atoms with Gasteiger partial charge in [0.05, 0.1) is 13.2 Å². The lowest BCUT2D eigenvalue weighted by Crippen LogP contribution is -2.29. The van der Waals surface area contributed by atoms with Gasteiger partial charge >= 0.3 is 19.8 Å². The van der Waals surface area contributed by atoms with Crippen LogP contribution in [-0.2, 0) is 32.7 Å². The van der Waals surface area contributed by atoms with Gasteiger partial charge in [-0.2, -0.15) is 0 Å². The Kier molecular flexibility index (Phi) is 38.1. The van der Waals surface area contributed by atoms with Crippen LogP contribution in [0.1, 0.15) is 181 Å². The summed E-state index contributed by atoms with van der Waals surface area (Å²) in [6.45, 7) is 3.64. The Morgan fingerprint density at radius 2 is 0.981 bits per heavy atom. The van der Waals surface area contributed by atoms with Crippen LogP contribution in [0.2, 0.25) is 0 Å². The van der Waals surface area contributed by atoms with E-state index < -0.39 is 32.5 Å². The van der Waals surface area contributed by atoms with Crippen LogP contribution in [-0.4, -0.2) is 49.3 Å². The molecule has 10 heteroatoms. The molecule has 0 bridgehead atoms. The average Bonchev–Trinajstić information content (AvgIpc) is 3.14. The number of hydrogen-bond donors (Lipinski definition) is 2. The SMILES string of the molecule is CCCCC/C=C/C/C=C/C/C=C/CCCCC(=O)O[C@H](COC(=O)CCCCCCCCC/C=C/CCCCCCCC)COP(=O)(O)OCCN. The van der Waals surface area contributed by atoms with E-state index in [0.29, 0.717) is 6.42 Å². The van der Waals surface area contributed by atoms with Gasteiger partial charge in [0.15, 0.2) is 6.10 Å². The minimum atomic E-state index is -4.39. The Labute approximate surface area is 324 Å². The van der Waals surface area contributed by atoms with E-state index in [1.54, 1.807) is 0 Å². The number of unbranched alkanes of at least 4 members (excludes halogenated alkanes) is 18. The molecule has 3 N–H and O–H groups in total. The molecule has 9 nitrogen and oxygen atoms in total. The standard InChI is InChI=1S/C43H78NO8P/c1-3-5-7-9-11-13-15-17-19-20-22-23-25-27-29-31-33-35-42(45)49-39-41(40-51-53(47,48)50-38-37-44)52-43(46)36-34-32-30-28-26-24-21-18-16-14-12-10-8-6-4-2/h12,14,17-19,21,26,28,41H,3-11,13,15-16,20,22-25,27,29-40,44H2,1-2H3,(H,47,48)/b14-12+,19-17+,21-18+,28-26+/t41-/m1/s1. The molecule has 0 aromatic rings. The molecule has 0 saturated carbocycles. The van der Waals surface area contributed by atoms with E-state index in [2.05, 4.69) is 62.5 Å². The summed E-state index contributed by atoms with van der Waals surface area (Å²) in [5, 5.41) is 0. The summed E-state index contributed by atoms with van der Waals surface area (Å²) in [5.41, 5.74) is 5.34. The van der Waals surface area contributed by atoms with Crippen molar-refractivity contribution in [2.45, 2.75) is 187 Å². The second kappa shape index (κ2) is 39.7. The highest BCUT2D eigenvalue weighted by molar-refractivity contribution is 7.47. The molecule has 1 unspecified atom stereocenters. The van der Waals surface area contributed by atoms with Gasteiger partial charge in [-0.3, -0.25) is 18.6 Å². The molecule has 2 atom stereocenters. The Morgan fingerprint density at radius 1 is 0.566 bits per heavy atom. The first kappa shape index (κ1) is 51.0. The molecule has 53 heavy (non-hydrogen) atoms. The normalized spacial score (nSPS) is 13.8. The second-order valence-electron chi connectivity index (χ2n) is 13.8. The predicted molar refractivity (Wildman–Crippen MR) is 220 cm³/mol. The maximum atomic E-state index is 12.5. The summed E-state index contributed by atoms with van der Waals surface area (Å²) >= 11 is 0. The minimum Gasteiger partial charge on any atom is -0.462 e. The molecule has 0 aliphatic heterocycles. The third kappa shape index (κ3) is 39.5. The lowest BCUT2D eigenvalue weighted by Gasteiger charge is -2.19. The number of phosphoric acid groups is 1. The Balaban J connectivity index is 4.23. The highest BCUT2D eigenvalue weighted by Crippen LogP contribution is 2.43. The molecule has 0 amide bonds. The summed E-state index contributed by atoms with van der Waals surface area (Å²) < 4.78 is 32.7. The molecular weight excluding hydrogens is 689 g/mol. The van der Waals surface area contributed by atoms with Gasteiger partial charge in [-0.15, -0.1) is 0 Å². The third-order valence-electron chi connectivity index (χ3n) is 8.69. The van der Waals surface area contributed by atoms with E-state index >= 15 is 0 Å². The number of allylic oxidation sites excluding steroid dienone is 8. The summed E-state index contributed by atoms with van der Waals surface area (Å²) in [5.74, 6) is -0.880. The van der Waals surface area contributed by atoms with Crippen molar-refractivity contribution in [3.8, 4) is 0 Å². The molecule has 0 aromatic heterocycles. The molecule has 0 spiro atoms. The molecule has 0 rings (SSSR count). The van der Waals surface area contributed by atoms with Gasteiger partial charge < -0.3 is 20.1 Å². The van der Waals surface area contributed by atoms with Gasteiger partial charge in [0.25, 0.3) is 0 Å². The van der Waals surface area contributed by atoms with Crippen molar-refractivity contribution in [3.05, 3.63) is 48.6 Å². The van der Waals surface area contributed by atoms with E-state index in [1.165, 1.54) is 83.5 Å². The molecule has 0 aliphatic rings. The number of rotatable bonds is 39. The smallest absolute Gasteiger partial charge is 0.462 e. The maximum Gasteiger partial charge on any atom is 0.472 e. The van der Waals surface area contributed by atoms with Crippen LogP contribution in [0.3, 0.4) is 0 Å². The first-order valence-corrected chi connectivity index (χ1v) is 22.6. The quantitative estimate of drug-likeness (QED) is 0.0271. The molecule has 0 saturated heterocycles. The molecule has 0 aliphatic carbocycles. The molecule has 0 aromatic carbocycles. The average molecular weight is 768 g/mol. The fraction of sp³-hybridized carbons (Fsp3) is 0.767. The second-order valence-corrected chi connectivity index (χ2v) is 15.3. The van der Waals surface area contributed by atoms with E-state index in [0.717, 1.165) is 64.2 Å². The number of esters is 2. The summed E-state index contributed by atoms with van der Waals surface area (Å²) in [7, 11) is -4.39. The van der Waals surface area contributed by atoms with Crippen LogP contribution < -0.4 is 5.73 Å². The number of carbonyl (C=O) groups is 2. The Morgan fingerprint density at radius 3 is 1.55 bits per heavy atom. The van der Waals surface area contributed by atoms with Crippen molar-refractivity contribution >= 4 is 19.8 Å². The van der Waals surface area contributed by atoms with E-state index in [1.807, 2.05) is 0 Å². The zero-order valence-electron chi connectivity index (χ0n) is 33.7. The van der Waals surface area contributed by atoms with Crippen molar-refractivity contribution < 1.29 is 37.6 Å². The van der Waals surface area contributed by atoms with Crippen LogP contribution in [0.5, 0.6) is 0 Å². The van der Waals surface area contributed by atoms with Crippen LogP contribution in [0.25, 0.3) is 0 Å². The first-order chi connectivity index (χ1) is 25.8. The highest BCUT2D eigenvalue weighted by atomic mass is 31.2. The molecule has 0 radical (unpaired) electrons. The Hall–Kier alpha value is -2.03. The van der Waals surface area contributed by atoms with Gasteiger partial charge in [-0.1, -0.05) is 140 Å². The fourth-order valence-corrected chi connectivity index (χ4v) is 6.28. The topological polar surface area (TPSA) is 134 Å². The van der Waals surface area contributed by atoms with Crippen LogP contribution in [0.15, 0.2) is 48.6 Å². The number of hydrogen-bond acceptors (Lipinski definition) is 8. The van der Waals surface area contributed by atoms with Gasteiger partial charge in [0.1, 0.15) is 6.61 Å². The van der Waals surface area contributed by atoms with Crippen molar-refractivity contribution in [2.24, 2.45) is 5.73 Å². The van der Waals surface area contributed by atoms with Gasteiger partial charge in [0, 0.05) is 19.4 Å². The van der Waals surface area contributed by atoms with E-state index in [4.69, 9.17) is 24.3 Å². The van der Waals surface area contributed by atoms with Crippen molar-refractivity contribution in [2.75, 3.05) is 26.4 Å². The van der Waals surface area contributed by atoms with Crippen LogP contribution >= 0.6 is 7.82 Å². The van der Waals surface area contributed by atoms with E-state index in [-0.39, 0.29) is 32.6 Å². The lowest BCUT2D eigenvalue weighted by molar-refractivity contribution is -0.161. The van der Waals surface area contributed by atoms with E-state index in [9.17, 15) is 19.0 Å². The molecule has 0 heterocycles. The monoisotopic (exact) mass is 768 g/mol. The summed E-state index contributed by atoms with van der Waals surface area (Å²) in [4.78, 5) is 34.8. The van der Waals surface area contributed by atoms with Gasteiger partial charge in [-0.05, 0) is 77.0 Å². The van der Waals surface area contributed by atoms with Crippen LogP contribution in [0.4, 0.5) is 0 Å². The predicted octanol–water partition coefficient (Wildman–Crippen LogP) is 11.9. The molecular formula is C43H78NO8P. The van der Waals surface area contributed by atoms with Gasteiger partial charge in [0.2, 0.25) is 0 Å². The number of carbonyl (C=O) groups excluding carboxylic acids is 2. The largest absolute Gasteiger partial charge is 0.472 e. The highest BCUT2D eigenvalue weighted by Gasteiger charge is 2.25. The number of ether oxygens (including phenoxy) is 2. The lowest BCUT2D eigenvalue weighted by atomic mass is 10.1. The summed E-state index contributed by atoms with van der Waals surface area (Å²) in [6, 6.07) is 0. The van der Waals surface area contributed by atoms with Crippen molar-refractivity contribution in [1.29, 1.82) is 0 Å². The maximum absolute atomic E-state index is 12.5. The molecule has 308 valence electrons. The zero-order chi connectivity index (χ0) is 38.9. The minimum absolute atomic E-state index is 0.0453. The van der Waals surface area contributed by atoms with Crippen molar-refractivity contribution in [1.82, 2.24) is 0 Å². The summed E-state index contributed by atoms with van der Waals surface area (Å²) in [6.07, 6.45) is 44.3. The van der Waals surface area contributed by atoms with Crippen molar-refractivity contribution in [3.63, 3.8) is 0 Å². The van der Waals surface area contributed by atoms with Crippen LogP contribution in [0, 0.1) is 0 Å². The zero-order valence-corrected chi connectivity index (χ0v) is 34.6. The number of phosphoric ester groups is 1. The third-order valence-corrected chi connectivity index (χ3v) is 9.67. The Bertz CT molecular complexity index is 1010. The van der Waals surface area contributed by atoms with Gasteiger partial charge in [-0.25, -0.2) is 4.57 Å². The number of nitrogens with two attached hydrogens (primary N) is 1.